The number of piperidine rings is 1. The topological polar surface area (TPSA) is 47.7 Å². The van der Waals surface area contributed by atoms with Crippen LogP contribution >= 0.6 is 15.9 Å². The molecule has 3 rings (SSSR count). The van der Waals surface area contributed by atoms with Crippen LogP contribution in [0.2, 0.25) is 0 Å². The van der Waals surface area contributed by atoms with Gasteiger partial charge in [0.25, 0.3) is 0 Å². The summed E-state index contributed by atoms with van der Waals surface area (Å²) in [7, 11) is 0. The maximum atomic E-state index is 6.40. The minimum Gasteiger partial charge on any atom is -0.490 e. The summed E-state index contributed by atoms with van der Waals surface area (Å²) < 4.78 is 12.6. The molecule has 2 heterocycles. The van der Waals surface area contributed by atoms with Crippen molar-refractivity contribution in [2.75, 3.05) is 26.3 Å². The Balaban J connectivity index is 1.97. The van der Waals surface area contributed by atoms with Crippen LogP contribution < -0.4 is 15.2 Å². The number of likely N-dealkylation sites (N-methyl/N-ethyl adjacent to an activating group) is 1. The highest BCUT2D eigenvalue weighted by molar-refractivity contribution is 9.10. The third-order valence-electron chi connectivity index (χ3n) is 4.35. The third-order valence-corrected chi connectivity index (χ3v) is 4.94. The van der Waals surface area contributed by atoms with E-state index in [1.165, 1.54) is 12.0 Å². The van der Waals surface area contributed by atoms with Gasteiger partial charge in [-0.05, 0) is 59.6 Å². The number of ether oxygens (including phenoxy) is 2. The first-order valence-electron chi connectivity index (χ1n) is 7.79. The molecule has 0 bridgehead atoms. The Morgan fingerprint density at radius 1 is 1.29 bits per heavy atom. The zero-order chi connectivity index (χ0) is 14.8. The van der Waals surface area contributed by atoms with Crippen LogP contribution in [0.25, 0.3) is 0 Å². The molecule has 2 aliphatic heterocycles. The van der Waals surface area contributed by atoms with Gasteiger partial charge in [-0.25, -0.2) is 0 Å². The number of nitrogens with two attached hydrogens (primary N) is 1. The van der Waals surface area contributed by atoms with E-state index >= 15 is 0 Å². The average Bonchev–Trinajstić information content (AvgIpc) is 2.72. The molecule has 0 amide bonds. The van der Waals surface area contributed by atoms with Crippen LogP contribution in [0.3, 0.4) is 0 Å². The second-order valence-electron chi connectivity index (χ2n) is 5.76. The van der Waals surface area contributed by atoms with Gasteiger partial charge < -0.3 is 15.2 Å². The highest BCUT2D eigenvalue weighted by Crippen LogP contribution is 2.42. The van der Waals surface area contributed by atoms with Crippen LogP contribution in [0.5, 0.6) is 11.5 Å². The predicted molar refractivity (Wildman–Crippen MR) is 86.9 cm³/mol. The second kappa shape index (κ2) is 6.55. The summed E-state index contributed by atoms with van der Waals surface area (Å²) in [6.07, 6.45) is 3.17. The Kier molecular flexibility index (Phi) is 4.72. The molecule has 0 saturated carbocycles. The van der Waals surface area contributed by atoms with Gasteiger partial charge in [-0.15, -0.1) is 0 Å². The Bertz CT molecular complexity index is 509. The van der Waals surface area contributed by atoms with Crippen LogP contribution in [0, 0.1) is 0 Å². The van der Waals surface area contributed by atoms with E-state index in [1.807, 2.05) is 0 Å². The number of rotatable bonds is 2. The molecule has 5 heteroatoms. The van der Waals surface area contributed by atoms with Gasteiger partial charge in [0.1, 0.15) is 0 Å². The lowest BCUT2D eigenvalue weighted by atomic mass is 9.91. The molecule has 1 fully saturated rings. The van der Waals surface area contributed by atoms with E-state index in [9.17, 15) is 0 Å². The van der Waals surface area contributed by atoms with Gasteiger partial charge in [-0.2, -0.15) is 0 Å². The second-order valence-corrected chi connectivity index (χ2v) is 6.61. The predicted octanol–water partition coefficient (Wildman–Crippen LogP) is 3.09. The zero-order valence-electron chi connectivity index (χ0n) is 12.5. The molecule has 1 aromatic rings. The molecular formula is C16H23BrN2O2. The lowest BCUT2D eigenvalue weighted by molar-refractivity contribution is 0.135. The number of halogens is 1. The Morgan fingerprint density at radius 2 is 2.10 bits per heavy atom. The highest BCUT2D eigenvalue weighted by atomic mass is 79.9. The molecular weight excluding hydrogens is 332 g/mol. The van der Waals surface area contributed by atoms with Gasteiger partial charge in [0.15, 0.2) is 11.5 Å². The summed E-state index contributed by atoms with van der Waals surface area (Å²) in [4.78, 5) is 2.46. The van der Waals surface area contributed by atoms with Crippen molar-refractivity contribution in [2.45, 2.75) is 38.3 Å². The molecule has 116 valence electrons. The van der Waals surface area contributed by atoms with Gasteiger partial charge in [0, 0.05) is 12.5 Å². The summed E-state index contributed by atoms with van der Waals surface area (Å²) in [5.41, 5.74) is 7.63. The first-order chi connectivity index (χ1) is 10.2. The van der Waals surface area contributed by atoms with Crippen molar-refractivity contribution in [1.29, 1.82) is 0 Å². The van der Waals surface area contributed by atoms with Crippen LogP contribution in [-0.4, -0.2) is 37.2 Å². The largest absolute Gasteiger partial charge is 0.490 e. The van der Waals surface area contributed by atoms with Crippen molar-refractivity contribution < 1.29 is 9.47 Å². The van der Waals surface area contributed by atoms with E-state index < -0.39 is 0 Å². The van der Waals surface area contributed by atoms with Crippen molar-refractivity contribution in [3.05, 3.63) is 22.2 Å². The summed E-state index contributed by atoms with van der Waals surface area (Å²) in [6, 6.07) is 4.70. The Morgan fingerprint density at radius 3 is 2.90 bits per heavy atom. The molecule has 0 radical (unpaired) electrons. The summed E-state index contributed by atoms with van der Waals surface area (Å²) in [5, 5.41) is 0. The van der Waals surface area contributed by atoms with Gasteiger partial charge in [-0.3, -0.25) is 4.90 Å². The number of likely N-dealkylation sites (tertiary alicyclic amines) is 1. The van der Waals surface area contributed by atoms with Crippen molar-refractivity contribution in [3.8, 4) is 11.5 Å². The number of benzene rings is 1. The van der Waals surface area contributed by atoms with E-state index in [0.29, 0.717) is 13.2 Å². The fourth-order valence-corrected chi connectivity index (χ4v) is 3.91. The van der Waals surface area contributed by atoms with Gasteiger partial charge in [0.2, 0.25) is 0 Å². The molecule has 0 aromatic heterocycles. The lowest BCUT2D eigenvalue weighted by Crippen LogP contribution is -2.45. The van der Waals surface area contributed by atoms with E-state index in [0.717, 1.165) is 41.9 Å². The van der Waals surface area contributed by atoms with Crippen LogP contribution in [0.4, 0.5) is 0 Å². The van der Waals surface area contributed by atoms with Crippen LogP contribution in [-0.2, 0) is 0 Å². The van der Waals surface area contributed by atoms with E-state index in [4.69, 9.17) is 15.2 Å². The van der Waals surface area contributed by atoms with Crippen molar-refractivity contribution in [2.24, 2.45) is 5.73 Å². The lowest BCUT2D eigenvalue weighted by Gasteiger charge is -2.39. The average molecular weight is 355 g/mol. The van der Waals surface area contributed by atoms with Crippen LogP contribution in [0.1, 0.15) is 37.8 Å². The molecule has 4 nitrogen and oxygen atoms in total. The molecule has 2 N–H and O–H groups in total. The molecule has 2 atom stereocenters. The first-order valence-corrected chi connectivity index (χ1v) is 8.58. The van der Waals surface area contributed by atoms with Gasteiger partial charge >= 0.3 is 0 Å². The first kappa shape index (κ1) is 15.1. The van der Waals surface area contributed by atoms with E-state index in [2.05, 4.69) is 39.9 Å². The number of hydrogen-bond donors (Lipinski definition) is 1. The standard InChI is InChI=1S/C16H23BrN2O2/c1-2-19-6-3-5-13(18)15(19)11-9-12(17)16-14(10-11)20-7-4-8-21-16/h9-10,13,15H,2-8,18H2,1H3. The van der Waals surface area contributed by atoms with Crippen molar-refractivity contribution >= 4 is 15.9 Å². The molecule has 2 unspecified atom stereocenters. The number of nitrogens with zero attached hydrogens (tertiary/aromatic N) is 1. The normalized spacial score (nSPS) is 26.4. The van der Waals surface area contributed by atoms with E-state index in [1.54, 1.807) is 0 Å². The monoisotopic (exact) mass is 354 g/mol. The van der Waals surface area contributed by atoms with E-state index in [-0.39, 0.29) is 12.1 Å². The number of hydrogen-bond acceptors (Lipinski definition) is 4. The number of fused-ring (bicyclic) bond motifs is 1. The third kappa shape index (κ3) is 3.05. The highest BCUT2D eigenvalue weighted by Gasteiger charge is 2.31. The zero-order valence-corrected chi connectivity index (χ0v) is 14.1. The maximum Gasteiger partial charge on any atom is 0.175 e. The quantitative estimate of drug-likeness (QED) is 0.886. The molecule has 0 aliphatic carbocycles. The molecule has 0 spiro atoms. The van der Waals surface area contributed by atoms with Crippen LogP contribution in [0.15, 0.2) is 16.6 Å². The molecule has 1 saturated heterocycles. The molecule has 21 heavy (non-hydrogen) atoms. The maximum absolute atomic E-state index is 6.40. The SMILES string of the molecule is CCN1CCCC(N)C1c1cc(Br)c2c(c1)OCCCO2. The molecule has 2 aliphatic rings. The van der Waals surface area contributed by atoms with Crippen molar-refractivity contribution in [1.82, 2.24) is 4.90 Å². The Hall–Kier alpha value is -0.780. The van der Waals surface area contributed by atoms with Crippen molar-refractivity contribution in [3.63, 3.8) is 0 Å². The minimum atomic E-state index is 0.176. The summed E-state index contributed by atoms with van der Waals surface area (Å²) in [6.45, 7) is 5.74. The minimum absolute atomic E-state index is 0.176. The van der Waals surface area contributed by atoms with Gasteiger partial charge in [0.05, 0.1) is 23.7 Å². The molecule has 1 aromatic carbocycles. The fourth-order valence-electron chi connectivity index (χ4n) is 3.33. The summed E-state index contributed by atoms with van der Waals surface area (Å²) in [5.74, 6) is 1.66. The van der Waals surface area contributed by atoms with Gasteiger partial charge in [-0.1, -0.05) is 6.92 Å². The smallest absolute Gasteiger partial charge is 0.175 e. The fraction of sp³-hybridized carbons (Fsp3) is 0.625. The Labute approximate surface area is 134 Å². The summed E-state index contributed by atoms with van der Waals surface area (Å²) >= 11 is 3.63.